The van der Waals surface area contributed by atoms with Gasteiger partial charge in [0.05, 0.1) is 12.6 Å². The highest BCUT2D eigenvalue weighted by Crippen LogP contribution is 2.37. The monoisotopic (exact) mass is 515 g/mol. The zero-order chi connectivity index (χ0) is 26.8. The first-order valence-corrected chi connectivity index (χ1v) is 11.6. The normalized spacial score (nSPS) is 14.2. The van der Waals surface area contributed by atoms with E-state index in [1.54, 1.807) is 42.2 Å². The van der Waals surface area contributed by atoms with Gasteiger partial charge in [-0.1, -0.05) is 24.3 Å². The summed E-state index contributed by atoms with van der Waals surface area (Å²) in [5.74, 6) is -1.17. The van der Waals surface area contributed by atoms with Crippen molar-refractivity contribution in [3.63, 3.8) is 0 Å². The molecule has 0 bridgehead atoms. The van der Waals surface area contributed by atoms with Crippen molar-refractivity contribution in [3.05, 3.63) is 82.7 Å². The van der Waals surface area contributed by atoms with Gasteiger partial charge < -0.3 is 15.5 Å². The Morgan fingerprint density at radius 1 is 1.08 bits per heavy atom. The van der Waals surface area contributed by atoms with Gasteiger partial charge in [-0.15, -0.1) is 10.2 Å². The number of halogens is 1. The van der Waals surface area contributed by atoms with Gasteiger partial charge in [0, 0.05) is 36.3 Å². The molecule has 3 heterocycles. The fourth-order valence-electron chi connectivity index (χ4n) is 4.22. The summed E-state index contributed by atoms with van der Waals surface area (Å²) in [6.45, 7) is 3.47. The molecule has 0 spiro atoms. The summed E-state index contributed by atoms with van der Waals surface area (Å²) < 4.78 is 13.5. The zero-order valence-corrected chi connectivity index (χ0v) is 20.4. The lowest BCUT2D eigenvalue weighted by Crippen LogP contribution is -2.35. The van der Waals surface area contributed by atoms with Crippen molar-refractivity contribution in [1.29, 1.82) is 0 Å². The average Bonchev–Trinajstić information content (AvgIpc) is 3.58. The number of anilines is 1. The third kappa shape index (κ3) is 4.93. The molecule has 1 aliphatic rings. The first-order valence-electron chi connectivity index (χ1n) is 11.6. The van der Waals surface area contributed by atoms with Crippen molar-refractivity contribution in [2.75, 3.05) is 11.4 Å². The molecule has 1 aliphatic heterocycles. The van der Waals surface area contributed by atoms with Crippen molar-refractivity contribution in [2.45, 2.75) is 26.4 Å². The molecular formula is C25H22FN9O3. The summed E-state index contributed by atoms with van der Waals surface area (Å²) in [7, 11) is 0. The molecule has 0 saturated carbocycles. The number of hydrogen-bond acceptors (Lipinski definition) is 8. The lowest BCUT2D eigenvalue weighted by Gasteiger charge is -2.16. The van der Waals surface area contributed by atoms with Crippen molar-refractivity contribution >= 4 is 23.4 Å². The van der Waals surface area contributed by atoms with E-state index in [1.165, 1.54) is 19.1 Å². The zero-order valence-electron chi connectivity index (χ0n) is 20.4. The third-order valence-corrected chi connectivity index (χ3v) is 6.16. The molecule has 192 valence electrons. The lowest BCUT2D eigenvalue weighted by atomic mass is 10.1. The van der Waals surface area contributed by atoms with Gasteiger partial charge in [0.1, 0.15) is 23.5 Å². The number of aryl methyl sites for hydroxylation is 1. The number of tetrazole rings is 1. The van der Waals surface area contributed by atoms with Crippen LogP contribution in [-0.4, -0.2) is 54.9 Å². The summed E-state index contributed by atoms with van der Waals surface area (Å²) in [4.78, 5) is 47.5. The van der Waals surface area contributed by atoms with Gasteiger partial charge in [-0.05, 0) is 35.4 Å². The maximum Gasteiger partial charge on any atom is 0.270 e. The van der Waals surface area contributed by atoms with E-state index in [2.05, 4.69) is 41.2 Å². The van der Waals surface area contributed by atoms with E-state index in [0.717, 1.165) is 17.5 Å². The third-order valence-electron chi connectivity index (χ3n) is 6.16. The SMILES string of the molecule is CC(=O)N1C[C@H](NC(=O)c2cc(C(=O)NCc3ccc(F)c(C)c3)ncn2)c2ccc(-c3nn[nH]n3)cc21. The van der Waals surface area contributed by atoms with Gasteiger partial charge in [0.25, 0.3) is 11.8 Å². The number of aromatic nitrogens is 6. The Bertz CT molecular complexity index is 1540. The number of carbonyl (C=O) groups excluding carboxylic acids is 3. The molecule has 0 radical (unpaired) electrons. The Morgan fingerprint density at radius 2 is 1.87 bits per heavy atom. The number of hydrogen-bond donors (Lipinski definition) is 3. The molecule has 12 nitrogen and oxygen atoms in total. The number of nitrogens with zero attached hydrogens (tertiary/aromatic N) is 6. The van der Waals surface area contributed by atoms with Crippen molar-refractivity contribution in [3.8, 4) is 11.4 Å². The van der Waals surface area contributed by atoms with Crippen LogP contribution in [0.1, 0.15) is 50.6 Å². The number of benzene rings is 2. The highest BCUT2D eigenvalue weighted by atomic mass is 19.1. The Hall–Kier alpha value is -5.07. The minimum absolute atomic E-state index is 0.00548. The summed E-state index contributed by atoms with van der Waals surface area (Å²) in [5, 5.41) is 19.5. The van der Waals surface area contributed by atoms with E-state index >= 15 is 0 Å². The smallest absolute Gasteiger partial charge is 0.270 e. The summed E-state index contributed by atoms with van der Waals surface area (Å²) in [6.07, 6.45) is 1.13. The van der Waals surface area contributed by atoms with Crippen LogP contribution in [-0.2, 0) is 11.3 Å². The minimum atomic E-state index is -0.529. The van der Waals surface area contributed by atoms with E-state index < -0.39 is 17.9 Å². The molecule has 2 aromatic heterocycles. The van der Waals surface area contributed by atoms with E-state index in [9.17, 15) is 18.8 Å². The topological polar surface area (TPSA) is 159 Å². The summed E-state index contributed by atoms with van der Waals surface area (Å²) >= 11 is 0. The molecule has 3 amide bonds. The van der Waals surface area contributed by atoms with Crippen LogP contribution >= 0.6 is 0 Å². The quantitative estimate of drug-likeness (QED) is 0.351. The number of H-pyrrole nitrogens is 1. The highest BCUT2D eigenvalue weighted by molar-refractivity contribution is 5.99. The number of fused-ring (bicyclic) bond motifs is 1. The standard InChI is InChI=1S/C25H22FN9O3/c1-13-7-15(3-6-18(13)26)10-27-24(37)19-9-20(29-12-28-19)25(38)30-21-11-35(14(2)36)22-8-16(4-5-17(21)22)23-31-33-34-32-23/h3-9,12,21H,10-11H2,1-2H3,(H,27,37)(H,30,38)(H,31,32,33,34)/t21-/m0/s1. The molecule has 2 aromatic carbocycles. The first kappa shape index (κ1) is 24.6. The van der Waals surface area contributed by atoms with E-state index in [1.807, 2.05) is 0 Å². The molecule has 13 heteroatoms. The molecule has 3 N–H and O–H groups in total. The number of aromatic amines is 1. The maximum absolute atomic E-state index is 13.5. The molecule has 38 heavy (non-hydrogen) atoms. The van der Waals surface area contributed by atoms with Gasteiger partial charge in [0.2, 0.25) is 11.7 Å². The molecule has 0 unspecified atom stereocenters. The van der Waals surface area contributed by atoms with Crippen molar-refractivity contribution < 1.29 is 18.8 Å². The second-order valence-electron chi connectivity index (χ2n) is 8.72. The molecule has 0 fully saturated rings. The van der Waals surface area contributed by atoms with Gasteiger partial charge in [-0.3, -0.25) is 14.4 Å². The molecule has 1 atom stereocenters. The van der Waals surface area contributed by atoms with E-state index in [-0.39, 0.29) is 36.2 Å². The molecule has 4 aromatic rings. The Morgan fingerprint density at radius 3 is 2.58 bits per heavy atom. The van der Waals surface area contributed by atoms with Crippen molar-refractivity contribution in [1.82, 2.24) is 41.2 Å². The minimum Gasteiger partial charge on any atom is -0.347 e. The van der Waals surface area contributed by atoms with Gasteiger partial charge >= 0.3 is 0 Å². The average molecular weight is 516 g/mol. The van der Waals surface area contributed by atoms with Crippen LogP contribution in [0.4, 0.5) is 10.1 Å². The molecule has 5 rings (SSSR count). The van der Waals surface area contributed by atoms with Crippen LogP contribution in [0.25, 0.3) is 11.4 Å². The lowest BCUT2D eigenvalue weighted by molar-refractivity contribution is -0.116. The van der Waals surface area contributed by atoms with Gasteiger partial charge in [0.15, 0.2) is 0 Å². The van der Waals surface area contributed by atoms with E-state index in [4.69, 9.17) is 0 Å². The fourth-order valence-corrected chi connectivity index (χ4v) is 4.22. The Labute approximate surface area is 215 Å². The Balaban J connectivity index is 1.30. The van der Waals surface area contributed by atoms with Gasteiger partial charge in [-0.2, -0.15) is 5.21 Å². The largest absolute Gasteiger partial charge is 0.347 e. The molecular weight excluding hydrogens is 493 g/mol. The van der Waals surface area contributed by atoms with Crippen LogP contribution < -0.4 is 15.5 Å². The second kappa shape index (κ2) is 10.1. The van der Waals surface area contributed by atoms with Crippen molar-refractivity contribution in [2.24, 2.45) is 0 Å². The summed E-state index contributed by atoms with van der Waals surface area (Å²) in [6, 6.07) is 10.7. The Kier molecular flexibility index (Phi) is 6.56. The highest BCUT2D eigenvalue weighted by Gasteiger charge is 2.33. The number of nitrogens with one attached hydrogen (secondary N) is 3. The summed E-state index contributed by atoms with van der Waals surface area (Å²) in [5.41, 5.74) is 3.23. The van der Waals surface area contributed by atoms with Crippen LogP contribution in [0.3, 0.4) is 0 Å². The first-order chi connectivity index (χ1) is 18.3. The number of amides is 3. The predicted octanol–water partition coefficient (Wildman–Crippen LogP) is 1.87. The maximum atomic E-state index is 13.5. The predicted molar refractivity (Wildman–Crippen MR) is 132 cm³/mol. The molecule has 0 saturated heterocycles. The number of carbonyl (C=O) groups is 3. The molecule has 0 aliphatic carbocycles. The number of rotatable bonds is 6. The second-order valence-corrected chi connectivity index (χ2v) is 8.72. The van der Waals surface area contributed by atoms with Gasteiger partial charge in [-0.25, -0.2) is 14.4 Å². The van der Waals surface area contributed by atoms with Crippen LogP contribution in [0.5, 0.6) is 0 Å². The van der Waals surface area contributed by atoms with Crippen LogP contribution in [0.15, 0.2) is 48.8 Å². The fraction of sp³-hybridized carbons (Fsp3) is 0.200. The van der Waals surface area contributed by atoms with Crippen LogP contribution in [0, 0.1) is 12.7 Å². The van der Waals surface area contributed by atoms with Crippen LogP contribution in [0.2, 0.25) is 0 Å². The van der Waals surface area contributed by atoms with E-state index in [0.29, 0.717) is 22.6 Å².